The summed E-state index contributed by atoms with van der Waals surface area (Å²) in [7, 11) is 0. The Morgan fingerprint density at radius 2 is 2.12 bits per heavy atom. The molecule has 0 amide bonds. The third-order valence-electron chi connectivity index (χ3n) is 2.71. The van der Waals surface area contributed by atoms with Gasteiger partial charge in [0.1, 0.15) is 0 Å². The highest BCUT2D eigenvalue weighted by molar-refractivity contribution is 6.02. The molecule has 0 radical (unpaired) electrons. The second kappa shape index (κ2) is 3.28. The minimum absolute atomic E-state index is 0.122. The maximum absolute atomic E-state index is 11.7. The second-order valence-electron chi connectivity index (χ2n) is 3.99. The van der Waals surface area contributed by atoms with Gasteiger partial charge in [0.25, 0.3) is 5.56 Å². The SMILES string of the molecule is Cc1ccc2ncc3c(=O)[nH]c(N)nc3c2c1. The monoisotopic (exact) mass is 226 g/mol. The van der Waals surface area contributed by atoms with Crippen molar-refractivity contribution in [3.05, 3.63) is 40.3 Å². The molecule has 5 nitrogen and oxygen atoms in total. The fraction of sp³-hybridized carbons (Fsp3) is 0.0833. The number of aryl methyl sites for hydroxylation is 1. The zero-order valence-electron chi connectivity index (χ0n) is 9.19. The molecule has 0 aliphatic carbocycles. The lowest BCUT2D eigenvalue weighted by Crippen LogP contribution is -2.11. The van der Waals surface area contributed by atoms with Crippen molar-refractivity contribution in [2.24, 2.45) is 0 Å². The van der Waals surface area contributed by atoms with Crippen LogP contribution in [0, 0.1) is 6.92 Å². The van der Waals surface area contributed by atoms with Crippen molar-refractivity contribution >= 4 is 27.8 Å². The Morgan fingerprint density at radius 3 is 2.94 bits per heavy atom. The minimum Gasteiger partial charge on any atom is -0.369 e. The normalized spacial score (nSPS) is 11.1. The minimum atomic E-state index is -0.261. The highest BCUT2D eigenvalue weighted by Gasteiger charge is 2.07. The van der Waals surface area contributed by atoms with Crippen molar-refractivity contribution in [2.45, 2.75) is 6.92 Å². The molecule has 0 spiro atoms. The third-order valence-corrected chi connectivity index (χ3v) is 2.71. The van der Waals surface area contributed by atoms with Crippen LogP contribution in [0.5, 0.6) is 0 Å². The highest BCUT2D eigenvalue weighted by Crippen LogP contribution is 2.20. The van der Waals surface area contributed by atoms with Crippen LogP contribution >= 0.6 is 0 Å². The largest absolute Gasteiger partial charge is 0.369 e. The van der Waals surface area contributed by atoms with Crippen molar-refractivity contribution in [1.29, 1.82) is 0 Å². The molecule has 0 bridgehead atoms. The molecule has 0 aliphatic rings. The van der Waals surface area contributed by atoms with E-state index in [-0.39, 0.29) is 11.5 Å². The van der Waals surface area contributed by atoms with Gasteiger partial charge in [-0.3, -0.25) is 14.8 Å². The number of nitrogen functional groups attached to an aromatic ring is 1. The number of pyridine rings is 1. The molecule has 84 valence electrons. The van der Waals surface area contributed by atoms with E-state index in [9.17, 15) is 4.79 Å². The first-order valence-electron chi connectivity index (χ1n) is 5.20. The first-order chi connectivity index (χ1) is 8.15. The molecule has 1 aromatic carbocycles. The van der Waals surface area contributed by atoms with Gasteiger partial charge in [0.05, 0.1) is 16.4 Å². The highest BCUT2D eigenvalue weighted by atomic mass is 16.1. The van der Waals surface area contributed by atoms with Gasteiger partial charge in [0.2, 0.25) is 5.95 Å². The quantitative estimate of drug-likeness (QED) is 0.567. The average Bonchev–Trinajstić information content (AvgIpc) is 2.28. The van der Waals surface area contributed by atoms with Gasteiger partial charge in [-0.15, -0.1) is 0 Å². The topological polar surface area (TPSA) is 84.7 Å². The van der Waals surface area contributed by atoms with Gasteiger partial charge < -0.3 is 5.73 Å². The molecule has 0 unspecified atom stereocenters. The van der Waals surface area contributed by atoms with E-state index < -0.39 is 0 Å². The fourth-order valence-corrected chi connectivity index (χ4v) is 1.91. The number of aromatic nitrogens is 3. The van der Waals surface area contributed by atoms with Crippen LogP contribution in [0.25, 0.3) is 21.8 Å². The average molecular weight is 226 g/mol. The third kappa shape index (κ3) is 1.44. The Labute approximate surface area is 96.3 Å². The first kappa shape index (κ1) is 9.77. The Balaban J connectivity index is 2.62. The Hall–Kier alpha value is -2.43. The molecule has 0 aliphatic heterocycles. The number of hydrogen-bond donors (Lipinski definition) is 2. The van der Waals surface area contributed by atoms with Crippen molar-refractivity contribution in [3.8, 4) is 0 Å². The van der Waals surface area contributed by atoms with Crippen LogP contribution in [-0.2, 0) is 0 Å². The predicted molar refractivity (Wildman–Crippen MR) is 66.8 cm³/mol. The summed E-state index contributed by atoms with van der Waals surface area (Å²) in [6, 6.07) is 5.83. The molecular weight excluding hydrogens is 216 g/mol. The number of H-pyrrole nitrogens is 1. The summed E-state index contributed by atoms with van der Waals surface area (Å²) < 4.78 is 0. The lowest BCUT2D eigenvalue weighted by atomic mass is 10.1. The number of nitrogens with zero attached hydrogens (tertiary/aromatic N) is 2. The van der Waals surface area contributed by atoms with Crippen LogP contribution in [-0.4, -0.2) is 15.0 Å². The van der Waals surface area contributed by atoms with Gasteiger partial charge in [-0.2, -0.15) is 0 Å². The van der Waals surface area contributed by atoms with E-state index in [0.29, 0.717) is 10.9 Å². The molecule has 3 N–H and O–H groups in total. The van der Waals surface area contributed by atoms with Crippen LogP contribution < -0.4 is 11.3 Å². The molecule has 3 aromatic rings. The zero-order valence-corrected chi connectivity index (χ0v) is 9.19. The summed E-state index contributed by atoms with van der Waals surface area (Å²) in [4.78, 5) is 22.6. The number of benzene rings is 1. The summed E-state index contributed by atoms with van der Waals surface area (Å²) in [5.74, 6) is 0.122. The van der Waals surface area contributed by atoms with E-state index in [2.05, 4.69) is 15.0 Å². The van der Waals surface area contributed by atoms with Crippen LogP contribution in [0.2, 0.25) is 0 Å². The van der Waals surface area contributed by atoms with E-state index in [1.807, 2.05) is 25.1 Å². The maximum atomic E-state index is 11.7. The van der Waals surface area contributed by atoms with Crippen LogP contribution in [0.1, 0.15) is 5.56 Å². The molecule has 0 fully saturated rings. The molecule has 2 heterocycles. The molecule has 2 aromatic heterocycles. The summed E-state index contributed by atoms with van der Waals surface area (Å²) in [5.41, 5.74) is 7.80. The summed E-state index contributed by atoms with van der Waals surface area (Å²) >= 11 is 0. The number of fused-ring (bicyclic) bond motifs is 3. The predicted octanol–water partition coefficient (Wildman–Crippen LogP) is 1.36. The van der Waals surface area contributed by atoms with Crippen LogP contribution in [0.3, 0.4) is 0 Å². The first-order valence-corrected chi connectivity index (χ1v) is 5.20. The van der Waals surface area contributed by atoms with Crippen molar-refractivity contribution in [2.75, 3.05) is 5.73 Å². The number of rotatable bonds is 0. The molecule has 5 heteroatoms. The number of aromatic amines is 1. The number of nitrogens with one attached hydrogen (secondary N) is 1. The van der Waals surface area contributed by atoms with Crippen molar-refractivity contribution in [1.82, 2.24) is 15.0 Å². The van der Waals surface area contributed by atoms with E-state index in [0.717, 1.165) is 16.5 Å². The summed E-state index contributed by atoms with van der Waals surface area (Å²) in [6.45, 7) is 1.98. The lowest BCUT2D eigenvalue weighted by Gasteiger charge is -2.03. The Kier molecular flexibility index (Phi) is 1.89. The second-order valence-corrected chi connectivity index (χ2v) is 3.99. The number of hydrogen-bond acceptors (Lipinski definition) is 4. The Morgan fingerprint density at radius 1 is 1.29 bits per heavy atom. The molecule has 0 atom stereocenters. The van der Waals surface area contributed by atoms with E-state index >= 15 is 0 Å². The van der Waals surface area contributed by atoms with Gasteiger partial charge in [-0.05, 0) is 19.1 Å². The number of anilines is 1. The van der Waals surface area contributed by atoms with Crippen molar-refractivity contribution in [3.63, 3.8) is 0 Å². The van der Waals surface area contributed by atoms with Gasteiger partial charge in [0.15, 0.2) is 0 Å². The fourth-order valence-electron chi connectivity index (χ4n) is 1.91. The summed E-state index contributed by atoms with van der Waals surface area (Å²) in [6.07, 6.45) is 1.53. The van der Waals surface area contributed by atoms with Gasteiger partial charge in [-0.25, -0.2) is 4.98 Å². The molecular formula is C12H10N4O. The molecule has 0 saturated heterocycles. The van der Waals surface area contributed by atoms with Gasteiger partial charge in [0, 0.05) is 11.6 Å². The molecule has 17 heavy (non-hydrogen) atoms. The smallest absolute Gasteiger partial charge is 0.261 e. The molecule has 3 rings (SSSR count). The standard InChI is InChI=1S/C12H10N4O/c1-6-2-3-9-7(4-6)10-8(5-14-9)11(17)16-12(13)15-10/h2-5H,1H3,(H3,13,15,16,17). The van der Waals surface area contributed by atoms with Crippen molar-refractivity contribution < 1.29 is 0 Å². The van der Waals surface area contributed by atoms with E-state index in [1.54, 1.807) is 0 Å². The maximum Gasteiger partial charge on any atom is 0.261 e. The summed E-state index contributed by atoms with van der Waals surface area (Å²) in [5, 5.41) is 1.30. The zero-order chi connectivity index (χ0) is 12.0. The molecule has 0 saturated carbocycles. The van der Waals surface area contributed by atoms with Crippen LogP contribution in [0.4, 0.5) is 5.95 Å². The lowest BCUT2D eigenvalue weighted by molar-refractivity contribution is 1.19. The number of nitrogens with two attached hydrogens (primary N) is 1. The van der Waals surface area contributed by atoms with E-state index in [1.165, 1.54) is 6.20 Å². The Bertz CT molecular complexity index is 791. The van der Waals surface area contributed by atoms with E-state index in [4.69, 9.17) is 5.73 Å². The van der Waals surface area contributed by atoms with Gasteiger partial charge >= 0.3 is 0 Å². The van der Waals surface area contributed by atoms with Gasteiger partial charge in [-0.1, -0.05) is 11.6 Å². The van der Waals surface area contributed by atoms with Crippen LogP contribution in [0.15, 0.2) is 29.2 Å².